The van der Waals surface area contributed by atoms with Gasteiger partial charge in [-0.2, -0.15) is 0 Å². The van der Waals surface area contributed by atoms with Gasteiger partial charge in [0, 0.05) is 12.1 Å². The molecule has 0 saturated carbocycles. The van der Waals surface area contributed by atoms with Gasteiger partial charge in [0.2, 0.25) is 0 Å². The summed E-state index contributed by atoms with van der Waals surface area (Å²) in [7, 11) is 0. The van der Waals surface area contributed by atoms with Crippen molar-refractivity contribution in [3.05, 3.63) is 35.9 Å². The third-order valence-corrected chi connectivity index (χ3v) is 2.45. The van der Waals surface area contributed by atoms with Gasteiger partial charge in [0.15, 0.2) is 0 Å². The van der Waals surface area contributed by atoms with Crippen molar-refractivity contribution < 1.29 is 0 Å². The second-order valence-corrected chi connectivity index (χ2v) is 3.77. The highest BCUT2D eigenvalue weighted by atomic mass is 14.8. The third-order valence-electron chi connectivity index (χ3n) is 2.45. The monoisotopic (exact) mass is 193 g/mol. The molecule has 1 rings (SSSR count). The van der Waals surface area contributed by atoms with Crippen molar-refractivity contribution in [3.63, 3.8) is 0 Å². The molecule has 0 aliphatic carbocycles. The van der Waals surface area contributed by atoms with E-state index in [0.717, 1.165) is 12.8 Å². The van der Waals surface area contributed by atoms with Crippen LogP contribution < -0.4 is 17.2 Å². The summed E-state index contributed by atoms with van der Waals surface area (Å²) in [5.41, 5.74) is 18.2. The van der Waals surface area contributed by atoms with Crippen LogP contribution in [0.3, 0.4) is 0 Å². The van der Waals surface area contributed by atoms with Gasteiger partial charge in [-0.05, 0) is 24.9 Å². The molecule has 78 valence electrons. The fraction of sp³-hybridized carbons (Fsp3) is 0.455. The molecule has 0 heterocycles. The highest BCUT2D eigenvalue weighted by Crippen LogP contribution is 2.12. The number of benzene rings is 1. The molecular formula is C11H19N3. The van der Waals surface area contributed by atoms with E-state index in [2.05, 4.69) is 12.1 Å². The molecule has 6 N–H and O–H groups in total. The number of hydrogen-bond donors (Lipinski definition) is 3. The lowest BCUT2D eigenvalue weighted by Crippen LogP contribution is -2.50. The van der Waals surface area contributed by atoms with Gasteiger partial charge in [0.25, 0.3) is 0 Å². The van der Waals surface area contributed by atoms with E-state index in [0.29, 0.717) is 13.1 Å². The molecule has 1 aromatic rings. The van der Waals surface area contributed by atoms with Crippen molar-refractivity contribution in [1.29, 1.82) is 0 Å². The molecule has 3 nitrogen and oxygen atoms in total. The van der Waals surface area contributed by atoms with Crippen LogP contribution in [0.15, 0.2) is 30.3 Å². The van der Waals surface area contributed by atoms with Crippen LogP contribution >= 0.6 is 0 Å². The molecule has 0 aliphatic rings. The summed E-state index contributed by atoms with van der Waals surface area (Å²) in [5, 5.41) is 0. The maximum absolute atomic E-state index is 6.13. The lowest BCUT2D eigenvalue weighted by Gasteiger charge is -2.27. The molecule has 0 aromatic heterocycles. The maximum Gasteiger partial charge on any atom is 0.0331 e. The van der Waals surface area contributed by atoms with Gasteiger partial charge in [0.05, 0.1) is 0 Å². The first-order chi connectivity index (χ1) is 6.70. The number of nitrogens with two attached hydrogens (primary N) is 3. The van der Waals surface area contributed by atoms with E-state index in [1.165, 1.54) is 5.56 Å². The fourth-order valence-corrected chi connectivity index (χ4v) is 1.55. The van der Waals surface area contributed by atoms with Crippen molar-refractivity contribution in [3.8, 4) is 0 Å². The quantitative estimate of drug-likeness (QED) is 0.626. The van der Waals surface area contributed by atoms with Crippen LogP contribution in [-0.4, -0.2) is 18.6 Å². The number of rotatable bonds is 5. The fourth-order valence-electron chi connectivity index (χ4n) is 1.55. The summed E-state index contributed by atoms with van der Waals surface area (Å²) in [4.78, 5) is 0. The van der Waals surface area contributed by atoms with E-state index in [-0.39, 0.29) is 5.54 Å². The zero-order chi connectivity index (χ0) is 10.4. The van der Waals surface area contributed by atoms with E-state index >= 15 is 0 Å². The van der Waals surface area contributed by atoms with Gasteiger partial charge < -0.3 is 17.2 Å². The van der Waals surface area contributed by atoms with Crippen LogP contribution in [-0.2, 0) is 6.42 Å². The van der Waals surface area contributed by atoms with Crippen LogP contribution in [0.1, 0.15) is 12.0 Å². The van der Waals surface area contributed by atoms with E-state index in [1.54, 1.807) is 0 Å². The maximum atomic E-state index is 6.13. The molecule has 1 atom stereocenters. The molecule has 0 saturated heterocycles. The Balaban J connectivity index is 2.65. The molecule has 1 aromatic carbocycles. The summed E-state index contributed by atoms with van der Waals surface area (Å²) in [6, 6.07) is 10.1. The minimum Gasteiger partial charge on any atom is -0.330 e. The normalized spacial score (nSPS) is 15.1. The Hall–Kier alpha value is -0.900. The minimum atomic E-state index is -0.351. The van der Waals surface area contributed by atoms with Crippen LogP contribution in [0.4, 0.5) is 0 Å². The first-order valence-corrected chi connectivity index (χ1v) is 4.93. The van der Waals surface area contributed by atoms with Crippen molar-refractivity contribution in [2.45, 2.75) is 18.4 Å². The lowest BCUT2D eigenvalue weighted by molar-refractivity contribution is 0.406. The predicted octanol–water partition coefficient (Wildman–Crippen LogP) is 0.234. The van der Waals surface area contributed by atoms with Crippen molar-refractivity contribution in [2.75, 3.05) is 13.1 Å². The average Bonchev–Trinajstić information content (AvgIpc) is 2.20. The molecule has 0 aliphatic heterocycles. The van der Waals surface area contributed by atoms with E-state index in [1.807, 2.05) is 18.2 Å². The number of hydrogen-bond acceptors (Lipinski definition) is 3. The molecule has 0 radical (unpaired) electrons. The zero-order valence-corrected chi connectivity index (χ0v) is 8.45. The lowest BCUT2D eigenvalue weighted by atomic mass is 9.89. The Labute approximate surface area is 85.3 Å². The van der Waals surface area contributed by atoms with Gasteiger partial charge in [-0.15, -0.1) is 0 Å². The molecular weight excluding hydrogens is 174 g/mol. The predicted molar refractivity (Wildman–Crippen MR) is 59.8 cm³/mol. The third kappa shape index (κ3) is 3.10. The Morgan fingerprint density at radius 1 is 1.07 bits per heavy atom. The summed E-state index contributed by atoms with van der Waals surface area (Å²) in [6.07, 6.45) is 1.56. The van der Waals surface area contributed by atoms with E-state index in [9.17, 15) is 0 Å². The topological polar surface area (TPSA) is 78.1 Å². The minimum absolute atomic E-state index is 0.351. The summed E-state index contributed by atoms with van der Waals surface area (Å²) in [6.45, 7) is 1.06. The van der Waals surface area contributed by atoms with Gasteiger partial charge in [-0.25, -0.2) is 0 Å². The average molecular weight is 193 g/mol. The van der Waals surface area contributed by atoms with Crippen molar-refractivity contribution in [1.82, 2.24) is 0 Å². The summed E-state index contributed by atoms with van der Waals surface area (Å²) < 4.78 is 0. The molecule has 0 spiro atoms. The summed E-state index contributed by atoms with van der Waals surface area (Å²) in [5.74, 6) is 0. The Kier molecular flexibility index (Phi) is 4.07. The van der Waals surface area contributed by atoms with Gasteiger partial charge >= 0.3 is 0 Å². The molecule has 0 bridgehead atoms. The van der Waals surface area contributed by atoms with Gasteiger partial charge in [-0.3, -0.25) is 0 Å². The Bertz CT molecular complexity index is 260. The van der Waals surface area contributed by atoms with E-state index < -0.39 is 0 Å². The second kappa shape index (κ2) is 5.10. The van der Waals surface area contributed by atoms with Crippen LogP contribution in [0, 0.1) is 0 Å². The highest BCUT2D eigenvalue weighted by molar-refractivity contribution is 5.17. The van der Waals surface area contributed by atoms with Gasteiger partial charge in [-0.1, -0.05) is 30.3 Å². The second-order valence-electron chi connectivity index (χ2n) is 3.77. The van der Waals surface area contributed by atoms with Crippen molar-refractivity contribution in [2.24, 2.45) is 17.2 Å². The highest BCUT2D eigenvalue weighted by Gasteiger charge is 2.22. The first kappa shape index (κ1) is 11.2. The van der Waals surface area contributed by atoms with Crippen LogP contribution in [0.2, 0.25) is 0 Å². The SMILES string of the molecule is NCCC(N)(CN)Cc1ccccc1. The molecule has 0 fully saturated rings. The Morgan fingerprint density at radius 2 is 1.71 bits per heavy atom. The van der Waals surface area contributed by atoms with E-state index in [4.69, 9.17) is 17.2 Å². The van der Waals surface area contributed by atoms with Crippen molar-refractivity contribution >= 4 is 0 Å². The van der Waals surface area contributed by atoms with Crippen LogP contribution in [0.5, 0.6) is 0 Å². The largest absolute Gasteiger partial charge is 0.330 e. The standard InChI is InChI=1S/C11H19N3/c12-7-6-11(14,9-13)8-10-4-2-1-3-5-10/h1-5H,6-9,12-14H2. The molecule has 3 heteroatoms. The first-order valence-electron chi connectivity index (χ1n) is 4.93. The van der Waals surface area contributed by atoms with Crippen LogP contribution in [0.25, 0.3) is 0 Å². The summed E-state index contributed by atoms with van der Waals surface area (Å²) >= 11 is 0. The molecule has 1 unspecified atom stereocenters. The Morgan fingerprint density at radius 3 is 2.21 bits per heavy atom. The molecule has 14 heavy (non-hydrogen) atoms. The molecule has 0 amide bonds. The smallest absolute Gasteiger partial charge is 0.0331 e. The zero-order valence-electron chi connectivity index (χ0n) is 8.45. The van der Waals surface area contributed by atoms with Gasteiger partial charge in [0.1, 0.15) is 0 Å².